The molecule has 0 radical (unpaired) electrons. The molecular formula is C15H11ClN2. The number of halogens is 1. The Morgan fingerprint density at radius 1 is 0.889 bits per heavy atom. The van der Waals surface area contributed by atoms with Crippen molar-refractivity contribution >= 4 is 11.6 Å². The van der Waals surface area contributed by atoms with Crippen molar-refractivity contribution < 1.29 is 0 Å². The Hall–Kier alpha value is -2.06. The predicted molar refractivity (Wildman–Crippen MR) is 74.0 cm³/mol. The summed E-state index contributed by atoms with van der Waals surface area (Å²) in [6.45, 7) is 0. The van der Waals surface area contributed by atoms with Gasteiger partial charge in [0.2, 0.25) is 0 Å². The van der Waals surface area contributed by atoms with Crippen LogP contribution in [0.4, 0.5) is 0 Å². The fourth-order valence-electron chi connectivity index (χ4n) is 1.91. The maximum absolute atomic E-state index is 5.90. The molecule has 3 rings (SSSR count). The molecule has 0 bridgehead atoms. The largest absolute Gasteiger partial charge is 0.300 e. The topological polar surface area (TPSA) is 17.8 Å². The van der Waals surface area contributed by atoms with Crippen LogP contribution in [0, 0.1) is 0 Å². The van der Waals surface area contributed by atoms with E-state index in [4.69, 9.17) is 11.6 Å². The summed E-state index contributed by atoms with van der Waals surface area (Å²) < 4.78 is 2.05. The Kier molecular flexibility index (Phi) is 2.87. The van der Waals surface area contributed by atoms with Gasteiger partial charge in [-0.3, -0.25) is 4.57 Å². The summed E-state index contributed by atoms with van der Waals surface area (Å²) in [5.41, 5.74) is 2.15. The minimum atomic E-state index is 0.736. The van der Waals surface area contributed by atoms with Crippen LogP contribution in [0.15, 0.2) is 67.0 Å². The molecule has 2 aromatic carbocycles. The molecule has 1 heterocycles. The van der Waals surface area contributed by atoms with E-state index in [2.05, 4.69) is 17.1 Å². The second kappa shape index (κ2) is 4.67. The number of imidazole rings is 1. The van der Waals surface area contributed by atoms with Gasteiger partial charge in [0.1, 0.15) is 5.82 Å². The standard InChI is InChI=1S/C15H11ClN2/c16-13-6-8-14(9-7-13)18-11-10-17-15(18)12-4-2-1-3-5-12/h1-11H. The van der Waals surface area contributed by atoms with Gasteiger partial charge in [-0.15, -0.1) is 0 Å². The highest BCUT2D eigenvalue weighted by Crippen LogP contribution is 2.22. The van der Waals surface area contributed by atoms with Crippen LogP contribution in [0.3, 0.4) is 0 Å². The molecule has 0 saturated carbocycles. The maximum Gasteiger partial charge on any atom is 0.144 e. The Labute approximate surface area is 110 Å². The zero-order valence-corrected chi connectivity index (χ0v) is 10.4. The second-order valence-corrected chi connectivity index (χ2v) is 4.40. The SMILES string of the molecule is Clc1ccc(-n2ccnc2-c2ccccc2)cc1. The van der Waals surface area contributed by atoms with Crippen molar-refractivity contribution in [2.24, 2.45) is 0 Å². The van der Waals surface area contributed by atoms with Gasteiger partial charge in [-0.1, -0.05) is 41.9 Å². The molecule has 0 N–H and O–H groups in total. The van der Waals surface area contributed by atoms with Crippen LogP contribution in [-0.2, 0) is 0 Å². The average Bonchev–Trinajstić information content (AvgIpc) is 2.90. The van der Waals surface area contributed by atoms with Gasteiger partial charge in [0.15, 0.2) is 0 Å². The highest BCUT2D eigenvalue weighted by molar-refractivity contribution is 6.30. The molecule has 3 aromatic rings. The lowest BCUT2D eigenvalue weighted by Crippen LogP contribution is -1.95. The zero-order chi connectivity index (χ0) is 12.4. The summed E-state index contributed by atoms with van der Waals surface area (Å²) in [5, 5.41) is 0.736. The smallest absolute Gasteiger partial charge is 0.144 e. The molecule has 88 valence electrons. The molecule has 0 aliphatic rings. The van der Waals surface area contributed by atoms with Gasteiger partial charge < -0.3 is 0 Å². The third-order valence-corrected chi connectivity index (χ3v) is 3.03. The van der Waals surface area contributed by atoms with E-state index in [1.807, 2.05) is 53.2 Å². The quantitative estimate of drug-likeness (QED) is 0.670. The summed E-state index contributed by atoms with van der Waals surface area (Å²) in [5.74, 6) is 0.929. The van der Waals surface area contributed by atoms with E-state index in [1.54, 1.807) is 6.20 Å². The lowest BCUT2D eigenvalue weighted by atomic mass is 10.2. The van der Waals surface area contributed by atoms with E-state index < -0.39 is 0 Å². The van der Waals surface area contributed by atoms with E-state index in [0.29, 0.717) is 0 Å². The molecule has 0 fully saturated rings. The molecule has 0 aliphatic carbocycles. The van der Waals surface area contributed by atoms with Gasteiger partial charge in [0.25, 0.3) is 0 Å². The number of nitrogens with zero attached hydrogens (tertiary/aromatic N) is 2. The maximum atomic E-state index is 5.90. The molecule has 0 amide bonds. The lowest BCUT2D eigenvalue weighted by Gasteiger charge is -2.07. The van der Waals surface area contributed by atoms with Crippen LogP contribution in [0.2, 0.25) is 5.02 Å². The second-order valence-electron chi connectivity index (χ2n) is 3.96. The first-order valence-electron chi connectivity index (χ1n) is 5.69. The number of hydrogen-bond acceptors (Lipinski definition) is 1. The van der Waals surface area contributed by atoms with Crippen molar-refractivity contribution in [3.8, 4) is 17.1 Å². The Morgan fingerprint density at radius 3 is 2.33 bits per heavy atom. The number of benzene rings is 2. The molecule has 0 aliphatic heterocycles. The van der Waals surface area contributed by atoms with E-state index in [0.717, 1.165) is 22.1 Å². The molecular weight excluding hydrogens is 244 g/mol. The summed E-state index contributed by atoms with van der Waals surface area (Å²) in [6, 6.07) is 17.8. The van der Waals surface area contributed by atoms with E-state index in [1.165, 1.54) is 0 Å². The molecule has 2 nitrogen and oxygen atoms in total. The molecule has 0 unspecified atom stereocenters. The van der Waals surface area contributed by atoms with Crippen LogP contribution in [0.5, 0.6) is 0 Å². The van der Waals surface area contributed by atoms with Crippen molar-refractivity contribution in [3.63, 3.8) is 0 Å². The lowest BCUT2D eigenvalue weighted by molar-refractivity contribution is 1.07. The third-order valence-electron chi connectivity index (χ3n) is 2.78. The third kappa shape index (κ3) is 2.03. The molecule has 0 spiro atoms. The number of aromatic nitrogens is 2. The van der Waals surface area contributed by atoms with Gasteiger partial charge in [0, 0.05) is 28.7 Å². The summed E-state index contributed by atoms with van der Waals surface area (Å²) in [7, 11) is 0. The normalized spacial score (nSPS) is 10.5. The summed E-state index contributed by atoms with van der Waals surface area (Å²) >= 11 is 5.90. The van der Waals surface area contributed by atoms with Crippen molar-refractivity contribution in [1.29, 1.82) is 0 Å². The van der Waals surface area contributed by atoms with E-state index >= 15 is 0 Å². The van der Waals surface area contributed by atoms with Gasteiger partial charge in [0.05, 0.1) is 0 Å². The van der Waals surface area contributed by atoms with Crippen molar-refractivity contribution in [2.45, 2.75) is 0 Å². The minimum Gasteiger partial charge on any atom is -0.300 e. The minimum absolute atomic E-state index is 0.736. The van der Waals surface area contributed by atoms with Crippen molar-refractivity contribution in [3.05, 3.63) is 72.0 Å². The van der Waals surface area contributed by atoms with Gasteiger partial charge >= 0.3 is 0 Å². The van der Waals surface area contributed by atoms with E-state index in [-0.39, 0.29) is 0 Å². The van der Waals surface area contributed by atoms with E-state index in [9.17, 15) is 0 Å². The van der Waals surface area contributed by atoms with Crippen LogP contribution in [-0.4, -0.2) is 9.55 Å². The fraction of sp³-hybridized carbons (Fsp3) is 0. The first-order valence-corrected chi connectivity index (χ1v) is 6.07. The van der Waals surface area contributed by atoms with Gasteiger partial charge in [-0.25, -0.2) is 4.98 Å². The molecule has 0 saturated heterocycles. The van der Waals surface area contributed by atoms with Crippen LogP contribution in [0.1, 0.15) is 0 Å². The monoisotopic (exact) mass is 254 g/mol. The molecule has 18 heavy (non-hydrogen) atoms. The van der Waals surface area contributed by atoms with Crippen LogP contribution in [0.25, 0.3) is 17.1 Å². The van der Waals surface area contributed by atoms with Crippen LogP contribution < -0.4 is 0 Å². The van der Waals surface area contributed by atoms with Gasteiger partial charge in [-0.2, -0.15) is 0 Å². The molecule has 1 aromatic heterocycles. The highest BCUT2D eigenvalue weighted by atomic mass is 35.5. The number of rotatable bonds is 2. The average molecular weight is 255 g/mol. The highest BCUT2D eigenvalue weighted by Gasteiger charge is 2.06. The predicted octanol–water partition coefficient (Wildman–Crippen LogP) is 4.19. The Balaban J connectivity index is 2.10. The summed E-state index contributed by atoms with van der Waals surface area (Å²) in [6.07, 6.45) is 3.75. The summed E-state index contributed by atoms with van der Waals surface area (Å²) in [4.78, 5) is 4.42. The fourth-order valence-corrected chi connectivity index (χ4v) is 2.04. The van der Waals surface area contributed by atoms with Crippen molar-refractivity contribution in [1.82, 2.24) is 9.55 Å². The molecule has 0 atom stereocenters. The van der Waals surface area contributed by atoms with Gasteiger partial charge in [-0.05, 0) is 24.3 Å². The first kappa shape index (κ1) is 11.1. The Morgan fingerprint density at radius 2 is 1.61 bits per heavy atom. The first-order chi connectivity index (χ1) is 8.84. The molecule has 3 heteroatoms. The van der Waals surface area contributed by atoms with Crippen molar-refractivity contribution in [2.75, 3.05) is 0 Å². The Bertz CT molecular complexity index is 642. The number of hydrogen-bond donors (Lipinski definition) is 0. The zero-order valence-electron chi connectivity index (χ0n) is 9.62. The van der Waals surface area contributed by atoms with Crippen LogP contribution >= 0.6 is 11.6 Å².